The van der Waals surface area contributed by atoms with E-state index in [1.807, 2.05) is 25.1 Å². The Hall–Kier alpha value is -1.18. The molecule has 2 heteroatoms. The fourth-order valence-corrected chi connectivity index (χ4v) is 1.22. The van der Waals surface area contributed by atoms with E-state index in [2.05, 4.69) is 26.1 Å². The van der Waals surface area contributed by atoms with Gasteiger partial charge in [-0.05, 0) is 31.4 Å². The lowest BCUT2D eigenvalue weighted by Crippen LogP contribution is -2.22. The van der Waals surface area contributed by atoms with Crippen LogP contribution in [0.4, 0.5) is 11.4 Å². The molecule has 1 aromatic carbocycles. The van der Waals surface area contributed by atoms with Gasteiger partial charge >= 0.3 is 0 Å². The number of nitrogens with one attached hydrogen (secondary N) is 1. The first kappa shape index (κ1) is 10.9. The highest BCUT2D eigenvalue weighted by Gasteiger charge is 2.08. The zero-order valence-electron chi connectivity index (χ0n) is 9.46. The van der Waals surface area contributed by atoms with E-state index in [0.717, 1.165) is 16.9 Å². The highest BCUT2D eigenvalue weighted by Crippen LogP contribution is 2.23. The molecule has 0 aliphatic carbocycles. The van der Waals surface area contributed by atoms with Crippen molar-refractivity contribution in [1.82, 2.24) is 0 Å². The third-order valence-electron chi connectivity index (χ3n) is 2.71. The van der Waals surface area contributed by atoms with Gasteiger partial charge in [0.05, 0.1) is 11.4 Å². The second-order valence-electron chi connectivity index (χ2n) is 4.21. The van der Waals surface area contributed by atoms with Crippen LogP contribution in [0.25, 0.3) is 0 Å². The van der Waals surface area contributed by atoms with E-state index in [4.69, 9.17) is 5.73 Å². The van der Waals surface area contributed by atoms with Crippen LogP contribution in [0.2, 0.25) is 0 Å². The Morgan fingerprint density at radius 3 is 2.43 bits per heavy atom. The number of hydrogen-bond acceptors (Lipinski definition) is 2. The Balaban J connectivity index is 2.82. The monoisotopic (exact) mass is 192 g/mol. The average Bonchev–Trinajstić information content (AvgIpc) is 2.12. The predicted molar refractivity (Wildman–Crippen MR) is 63.5 cm³/mol. The van der Waals surface area contributed by atoms with Gasteiger partial charge < -0.3 is 11.1 Å². The van der Waals surface area contributed by atoms with Gasteiger partial charge in [0.1, 0.15) is 0 Å². The third kappa shape index (κ3) is 2.41. The number of hydrogen-bond donors (Lipinski definition) is 2. The van der Waals surface area contributed by atoms with Crippen LogP contribution in [0.5, 0.6) is 0 Å². The van der Waals surface area contributed by atoms with Crippen LogP contribution >= 0.6 is 0 Å². The van der Waals surface area contributed by atoms with E-state index in [1.165, 1.54) is 0 Å². The van der Waals surface area contributed by atoms with Crippen molar-refractivity contribution in [2.75, 3.05) is 11.1 Å². The van der Waals surface area contributed by atoms with Crippen LogP contribution in [0, 0.1) is 12.8 Å². The van der Waals surface area contributed by atoms with Gasteiger partial charge in [-0.25, -0.2) is 0 Å². The zero-order valence-corrected chi connectivity index (χ0v) is 9.46. The highest BCUT2D eigenvalue weighted by molar-refractivity contribution is 5.69. The number of para-hydroxylation sites is 1. The van der Waals surface area contributed by atoms with Crippen LogP contribution in [-0.4, -0.2) is 6.04 Å². The molecule has 0 fully saturated rings. The van der Waals surface area contributed by atoms with Crippen molar-refractivity contribution in [3.63, 3.8) is 0 Å². The third-order valence-corrected chi connectivity index (χ3v) is 2.71. The molecule has 78 valence electrons. The molecule has 0 aromatic heterocycles. The molecule has 0 radical (unpaired) electrons. The summed E-state index contributed by atoms with van der Waals surface area (Å²) in [5, 5.41) is 3.43. The van der Waals surface area contributed by atoms with Crippen molar-refractivity contribution in [2.24, 2.45) is 5.92 Å². The fourth-order valence-electron chi connectivity index (χ4n) is 1.22. The van der Waals surface area contributed by atoms with Crippen molar-refractivity contribution in [3.8, 4) is 0 Å². The largest absolute Gasteiger partial charge is 0.397 e. The molecule has 0 aliphatic rings. The summed E-state index contributed by atoms with van der Waals surface area (Å²) in [5.74, 6) is 0.606. The molecule has 3 N–H and O–H groups in total. The van der Waals surface area contributed by atoms with Gasteiger partial charge in [-0.3, -0.25) is 0 Å². The van der Waals surface area contributed by atoms with E-state index in [9.17, 15) is 0 Å². The maximum absolute atomic E-state index is 5.97. The summed E-state index contributed by atoms with van der Waals surface area (Å²) in [7, 11) is 0. The molecule has 2 nitrogen and oxygen atoms in total. The summed E-state index contributed by atoms with van der Waals surface area (Å²) >= 11 is 0. The molecule has 0 bridgehead atoms. The Bertz CT molecular complexity index is 305. The van der Waals surface area contributed by atoms with E-state index >= 15 is 0 Å². The minimum Gasteiger partial charge on any atom is -0.397 e. The normalized spacial score (nSPS) is 12.9. The molecule has 1 atom stereocenters. The average molecular weight is 192 g/mol. The number of aryl methyl sites for hydroxylation is 1. The molecule has 0 aliphatic heterocycles. The topological polar surface area (TPSA) is 38.0 Å². The molecular formula is C12H20N2. The van der Waals surface area contributed by atoms with Crippen LogP contribution < -0.4 is 11.1 Å². The van der Waals surface area contributed by atoms with Crippen molar-refractivity contribution < 1.29 is 0 Å². The van der Waals surface area contributed by atoms with Crippen molar-refractivity contribution in [2.45, 2.75) is 33.7 Å². The number of benzene rings is 1. The highest BCUT2D eigenvalue weighted by atomic mass is 14.9. The van der Waals surface area contributed by atoms with Crippen LogP contribution in [0.15, 0.2) is 18.2 Å². The zero-order chi connectivity index (χ0) is 10.7. The van der Waals surface area contributed by atoms with Crippen molar-refractivity contribution >= 4 is 11.4 Å². The van der Waals surface area contributed by atoms with E-state index in [1.54, 1.807) is 0 Å². The van der Waals surface area contributed by atoms with Crippen LogP contribution in [0.3, 0.4) is 0 Å². The fraction of sp³-hybridized carbons (Fsp3) is 0.500. The van der Waals surface area contributed by atoms with Crippen LogP contribution in [-0.2, 0) is 0 Å². The molecular weight excluding hydrogens is 172 g/mol. The summed E-state index contributed by atoms with van der Waals surface area (Å²) in [6, 6.07) is 6.53. The van der Waals surface area contributed by atoms with Crippen LogP contribution in [0.1, 0.15) is 26.3 Å². The van der Waals surface area contributed by atoms with Gasteiger partial charge in [-0.2, -0.15) is 0 Å². The first-order valence-electron chi connectivity index (χ1n) is 5.14. The van der Waals surface area contributed by atoms with Crippen molar-refractivity contribution in [3.05, 3.63) is 23.8 Å². The summed E-state index contributed by atoms with van der Waals surface area (Å²) in [5.41, 5.74) is 9.01. The van der Waals surface area contributed by atoms with Gasteiger partial charge in [-0.1, -0.05) is 26.0 Å². The quantitative estimate of drug-likeness (QED) is 0.722. The van der Waals surface area contributed by atoms with Gasteiger partial charge in [0.2, 0.25) is 0 Å². The molecule has 0 amide bonds. The lowest BCUT2D eigenvalue weighted by molar-refractivity contribution is 0.560. The molecule has 0 spiro atoms. The maximum Gasteiger partial charge on any atom is 0.0579 e. The SMILES string of the molecule is Cc1cccc(NC(C)C(C)C)c1N. The van der Waals surface area contributed by atoms with E-state index < -0.39 is 0 Å². The Morgan fingerprint density at radius 1 is 1.21 bits per heavy atom. The van der Waals surface area contributed by atoms with Gasteiger partial charge in [0, 0.05) is 6.04 Å². The minimum absolute atomic E-state index is 0.444. The summed E-state index contributed by atoms with van der Waals surface area (Å²) in [6.07, 6.45) is 0. The van der Waals surface area contributed by atoms with Gasteiger partial charge in [0.15, 0.2) is 0 Å². The lowest BCUT2D eigenvalue weighted by Gasteiger charge is -2.20. The maximum atomic E-state index is 5.97. The molecule has 0 saturated heterocycles. The summed E-state index contributed by atoms with van der Waals surface area (Å²) < 4.78 is 0. The van der Waals surface area contributed by atoms with Crippen molar-refractivity contribution in [1.29, 1.82) is 0 Å². The van der Waals surface area contributed by atoms with E-state index in [-0.39, 0.29) is 0 Å². The second kappa shape index (κ2) is 4.36. The molecule has 1 rings (SSSR count). The number of rotatable bonds is 3. The second-order valence-corrected chi connectivity index (χ2v) is 4.21. The minimum atomic E-state index is 0.444. The Morgan fingerprint density at radius 2 is 1.86 bits per heavy atom. The number of nitrogen functional groups attached to an aromatic ring is 1. The standard InChI is InChI=1S/C12H20N2/c1-8(2)10(4)14-11-7-5-6-9(3)12(11)13/h5-8,10,14H,13H2,1-4H3. The Kier molecular flexibility index (Phi) is 3.39. The molecule has 1 aromatic rings. The predicted octanol–water partition coefficient (Wildman–Crippen LogP) is 3.03. The first-order chi connectivity index (χ1) is 6.52. The van der Waals surface area contributed by atoms with Gasteiger partial charge in [-0.15, -0.1) is 0 Å². The Labute approximate surface area is 86.5 Å². The summed E-state index contributed by atoms with van der Waals surface area (Å²) in [4.78, 5) is 0. The molecule has 1 unspecified atom stereocenters. The van der Waals surface area contributed by atoms with Gasteiger partial charge in [0.25, 0.3) is 0 Å². The molecule has 0 saturated carbocycles. The van der Waals surface area contributed by atoms with E-state index in [0.29, 0.717) is 12.0 Å². The number of anilines is 2. The first-order valence-corrected chi connectivity index (χ1v) is 5.14. The number of nitrogens with two attached hydrogens (primary N) is 1. The lowest BCUT2D eigenvalue weighted by atomic mass is 10.1. The molecule has 14 heavy (non-hydrogen) atoms. The molecule has 0 heterocycles. The smallest absolute Gasteiger partial charge is 0.0579 e. The summed E-state index contributed by atoms with van der Waals surface area (Å²) in [6.45, 7) is 8.60.